The molecule has 0 unspecified atom stereocenters. The van der Waals surface area contributed by atoms with Crippen molar-refractivity contribution < 1.29 is 19.1 Å². The Morgan fingerprint density at radius 2 is 1.56 bits per heavy atom. The number of hydrogen-bond acceptors (Lipinski definition) is 4. The van der Waals surface area contributed by atoms with E-state index in [4.69, 9.17) is 9.47 Å². The fourth-order valence-electron chi connectivity index (χ4n) is 5.69. The lowest BCUT2D eigenvalue weighted by Gasteiger charge is -2.46. The molecule has 32 heavy (non-hydrogen) atoms. The van der Waals surface area contributed by atoms with E-state index in [2.05, 4.69) is 6.92 Å². The monoisotopic (exact) mass is 442 g/mol. The number of carbonyl (C=O) groups excluding carboxylic acids is 2. The molecule has 6 heteroatoms. The van der Waals surface area contributed by atoms with Gasteiger partial charge in [-0.05, 0) is 49.8 Å². The molecule has 1 heterocycles. The van der Waals surface area contributed by atoms with Gasteiger partial charge in [-0.2, -0.15) is 0 Å². The lowest BCUT2D eigenvalue weighted by atomic mass is 9.95. The molecule has 0 aromatic heterocycles. The number of hydrogen-bond donors (Lipinski definition) is 0. The molecule has 176 valence electrons. The van der Waals surface area contributed by atoms with Gasteiger partial charge in [-0.3, -0.25) is 9.59 Å². The van der Waals surface area contributed by atoms with Crippen LogP contribution < -0.4 is 9.47 Å². The summed E-state index contributed by atoms with van der Waals surface area (Å²) >= 11 is 0. The highest BCUT2D eigenvalue weighted by Gasteiger charge is 2.46. The second-order valence-corrected chi connectivity index (χ2v) is 9.51. The first-order valence-corrected chi connectivity index (χ1v) is 12.6. The van der Waals surface area contributed by atoms with Crippen molar-refractivity contribution in [1.82, 2.24) is 9.80 Å². The highest BCUT2D eigenvalue weighted by atomic mass is 16.5. The summed E-state index contributed by atoms with van der Waals surface area (Å²) in [6.45, 7) is 2.90. The zero-order chi connectivity index (χ0) is 22.5. The maximum Gasteiger partial charge on any atom is 0.250 e. The van der Waals surface area contributed by atoms with Crippen molar-refractivity contribution in [3.63, 3.8) is 0 Å². The quantitative estimate of drug-likeness (QED) is 0.566. The summed E-state index contributed by atoms with van der Waals surface area (Å²) in [5.41, 5.74) is 0.828. The first-order chi connectivity index (χ1) is 15.6. The maximum atomic E-state index is 14.0. The van der Waals surface area contributed by atoms with E-state index in [0.29, 0.717) is 18.1 Å². The largest absolute Gasteiger partial charge is 0.493 e. The first kappa shape index (κ1) is 22.9. The molecule has 2 saturated carbocycles. The van der Waals surface area contributed by atoms with Gasteiger partial charge in [0.25, 0.3) is 5.91 Å². The second kappa shape index (κ2) is 10.6. The zero-order valence-electron chi connectivity index (χ0n) is 19.7. The van der Waals surface area contributed by atoms with Gasteiger partial charge in [-0.1, -0.05) is 51.5 Å². The standard InChI is InChI=1S/C26H38N2O4/c1-3-16-32-22-15-14-19(17-23(22)31-2)25-26(30)27(20-10-6-4-5-7-11-20)18-24(29)28(25)21-12-8-9-13-21/h14-15,17,20-21,25H,3-13,16,18H2,1-2H3/t25-/m1/s1. The summed E-state index contributed by atoms with van der Waals surface area (Å²) in [6.07, 6.45) is 11.8. The normalized spacial score (nSPS) is 23.5. The van der Waals surface area contributed by atoms with E-state index in [0.717, 1.165) is 63.4 Å². The number of methoxy groups -OCH3 is 1. The molecular weight excluding hydrogens is 404 g/mol. The minimum Gasteiger partial charge on any atom is -0.493 e. The minimum absolute atomic E-state index is 0.0766. The smallest absolute Gasteiger partial charge is 0.250 e. The van der Waals surface area contributed by atoms with Crippen LogP contribution in [0.4, 0.5) is 0 Å². The summed E-state index contributed by atoms with van der Waals surface area (Å²) in [5.74, 6) is 1.47. The van der Waals surface area contributed by atoms with Crippen LogP contribution in [-0.2, 0) is 9.59 Å². The van der Waals surface area contributed by atoms with Crippen molar-refractivity contribution in [3.8, 4) is 11.5 Å². The number of ether oxygens (including phenoxy) is 2. The van der Waals surface area contributed by atoms with Gasteiger partial charge in [-0.15, -0.1) is 0 Å². The molecule has 0 bridgehead atoms. The van der Waals surface area contributed by atoms with Gasteiger partial charge in [-0.25, -0.2) is 0 Å². The molecule has 0 spiro atoms. The molecule has 1 atom stereocenters. The van der Waals surface area contributed by atoms with E-state index in [1.807, 2.05) is 28.0 Å². The highest BCUT2D eigenvalue weighted by molar-refractivity contribution is 5.96. The summed E-state index contributed by atoms with van der Waals surface area (Å²) in [6, 6.07) is 5.49. The topological polar surface area (TPSA) is 59.1 Å². The van der Waals surface area contributed by atoms with Crippen molar-refractivity contribution in [1.29, 1.82) is 0 Å². The van der Waals surface area contributed by atoms with Crippen LogP contribution in [0, 0.1) is 0 Å². The number of rotatable bonds is 7. The number of piperazine rings is 1. The molecule has 1 aromatic carbocycles. The van der Waals surface area contributed by atoms with Crippen molar-refractivity contribution in [2.45, 2.75) is 95.7 Å². The molecule has 3 fully saturated rings. The lowest BCUT2D eigenvalue weighted by Crippen LogP contribution is -2.60. The number of nitrogens with zero attached hydrogens (tertiary/aromatic N) is 2. The Labute approximate surface area is 192 Å². The van der Waals surface area contributed by atoms with Gasteiger partial charge in [0.05, 0.1) is 13.7 Å². The predicted molar refractivity (Wildman–Crippen MR) is 124 cm³/mol. The third-order valence-corrected chi connectivity index (χ3v) is 7.34. The third-order valence-electron chi connectivity index (χ3n) is 7.34. The van der Waals surface area contributed by atoms with E-state index in [1.54, 1.807) is 7.11 Å². The fraction of sp³-hybridized carbons (Fsp3) is 0.692. The Morgan fingerprint density at radius 1 is 0.906 bits per heavy atom. The van der Waals surface area contributed by atoms with Gasteiger partial charge in [0.15, 0.2) is 11.5 Å². The SMILES string of the molecule is CCCOc1ccc([C@@H]2C(=O)N(C3CCCCCC3)CC(=O)N2C2CCCC2)cc1OC. The molecule has 1 aliphatic heterocycles. The van der Waals surface area contributed by atoms with Gasteiger partial charge >= 0.3 is 0 Å². The van der Waals surface area contributed by atoms with Crippen LogP contribution in [0.25, 0.3) is 0 Å². The van der Waals surface area contributed by atoms with Crippen LogP contribution in [0.5, 0.6) is 11.5 Å². The Balaban J connectivity index is 1.68. The number of carbonyl (C=O) groups is 2. The average Bonchev–Trinajstić information content (AvgIpc) is 3.20. The van der Waals surface area contributed by atoms with Gasteiger partial charge in [0, 0.05) is 12.1 Å². The molecular formula is C26H38N2O4. The van der Waals surface area contributed by atoms with E-state index in [9.17, 15) is 9.59 Å². The van der Waals surface area contributed by atoms with E-state index < -0.39 is 6.04 Å². The highest BCUT2D eigenvalue weighted by Crippen LogP contribution is 2.39. The van der Waals surface area contributed by atoms with E-state index in [-0.39, 0.29) is 30.4 Å². The van der Waals surface area contributed by atoms with Crippen LogP contribution in [0.15, 0.2) is 18.2 Å². The summed E-state index contributed by atoms with van der Waals surface area (Å²) < 4.78 is 11.4. The van der Waals surface area contributed by atoms with Crippen molar-refractivity contribution in [3.05, 3.63) is 23.8 Å². The minimum atomic E-state index is -0.572. The van der Waals surface area contributed by atoms with Gasteiger partial charge in [0.2, 0.25) is 5.91 Å². The van der Waals surface area contributed by atoms with Gasteiger partial charge < -0.3 is 19.3 Å². The third kappa shape index (κ3) is 4.74. The molecule has 2 aliphatic carbocycles. The van der Waals surface area contributed by atoms with Crippen LogP contribution in [0.2, 0.25) is 0 Å². The Bertz CT molecular complexity index is 797. The molecule has 3 aliphatic rings. The summed E-state index contributed by atoms with van der Waals surface area (Å²) in [5, 5.41) is 0. The molecule has 6 nitrogen and oxygen atoms in total. The summed E-state index contributed by atoms with van der Waals surface area (Å²) in [7, 11) is 1.62. The maximum absolute atomic E-state index is 14.0. The fourth-order valence-corrected chi connectivity index (χ4v) is 5.69. The Hall–Kier alpha value is -2.24. The molecule has 1 saturated heterocycles. The molecule has 0 N–H and O–H groups in total. The Morgan fingerprint density at radius 3 is 2.22 bits per heavy atom. The molecule has 1 aromatic rings. The van der Waals surface area contributed by atoms with Crippen LogP contribution >= 0.6 is 0 Å². The summed E-state index contributed by atoms with van der Waals surface area (Å²) in [4.78, 5) is 31.3. The van der Waals surface area contributed by atoms with Gasteiger partial charge in [0.1, 0.15) is 12.6 Å². The van der Waals surface area contributed by atoms with Crippen LogP contribution in [-0.4, -0.2) is 54.0 Å². The lowest BCUT2D eigenvalue weighted by molar-refractivity contribution is -0.161. The first-order valence-electron chi connectivity index (χ1n) is 12.6. The number of amides is 2. The van der Waals surface area contributed by atoms with Crippen LogP contribution in [0.1, 0.15) is 89.2 Å². The molecule has 0 radical (unpaired) electrons. The molecule has 2 amide bonds. The molecule has 4 rings (SSSR count). The van der Waals surface area contributed by atoms with E-state index in [1.165, 1.54) is 12.8 Å². The van der Waals surface area contributed by atoms with Crippen molar-refractivity contribution >= 4 is 11.8 Å². The van der Waals surface area contributed by atoms with Crippen molar-refractivity contribution in [2.75, 3.05) is 20.3 Å². The Kier molecular flexibility index (Phi) is 7.59. The zero-order valence-corrected chi connectivity index (χ0v) is 19.7. The van der Waals surface area contributed by atoms with Crippen LogP contribution in [0.3, 0.4) is 0 Å². The average molecular weight is 443 g/mol. The van der Waals surface area contributed by atoms with E-state index >= 15 is 0 Å². The predicted octanol–water partition coefficient (Wildman–Crippen LogP) is 4.86. The second-order valence-electron chi connectivity index (χ2n) is 9.51. The van der Waals surface area contributed by atoms with Crippen molar-refractivity contribution in [2.24, 2.45) is 0 Å². The number of benzene rings is 1.